The van der Waals surface area contributed by atoms with Crippen LogP contribution in [-0.2, 0) is 9.59 Å². The SMILES string of the molecule is CNC(=O)[C@H]1CC(O)CN1C(=O)C(C(C)C)n1nnc2c(OC)cccc21. The minimum atomic E-state index is -0.725. The molecule has 1 fully saturated rings. The number of ether oxygens (including phenoxy) is 1. The van der Waals surface area contributed by atoms with Crippen molar-refractivity contribution in [2.75, 3.05) is 20.7 Å². The van der Waals surface area contributed by atoms with Crippen LogP contribution in [0.4, 0.5) is 0 Å². The van der Waals surface area contributed by atoms with E-state index >= 15 is 0 Å². The molecule has 0 spiro atoms. The van der Waals surface area contributed by atoms with Crippen LogP contribution in [0.5, 0.6) is 5.75 Å². The van der Waals surface area contributed by atoms with E-state index in [2.05, 4.69) is 15.6 Å². The van der Waals surface area contributed by atoms with Crippen molar-refractivity contribution in [3.8, 4) is 5.75 Å². The van der Waals surface area contributed by atoms with Gasteiger partial charge in [0.25, 0.3) is 0 Å². The minimum absolute atomic E-state index is 0.100. The van der Waals surface area contributed by atoms with Crippen LogP contribution in [0.15, 0.2) is 18.2 Å². The lowest BCUT2D eigenvalue weighted by Crippen LogP contribution is -2.48. The van der Waals surface area contributed by atoms with E-state index in [1.54, 1.807) is 17.9 Å². The van der Waals surface area contributed by atoms with Gasteiger partial charge in [-0.05, 0) is 18.1 Å². The summed E-state index contributed by atoms with van der Waals surface area (Å²) in [5.41, 5.74) is 1.25. The molecule has 9 heteroatoms. The summed E-state index contributed by atoms with van der Waals surface area (Å²) in [6.45, 7) is 3.95. The van der Waals surface area contributed by atoms with Gasteiger partial charge in [-0.3, -0.25) is 9.59 Å². The molecule has 27 heavy (non-hydrogen) atoms. The number of nitrogens with one attached hydrogen (secondary N) is 1. The number of amides is 2. The zero-order valence-corrected chi connectivity index (χ0v) is 15.9. The summed E-state index contributed by atoms with van der Waals surface area (Å²) in [4.78, 5) is 27.0. The first-order chi connectivity index (χ1) is 12.9. The Balaban J connectivity index is 2.01. The van der Waals surface area contributed by atoms with Crippen LogP contribution in [-0.4, -0.2) is 69.7 Å². The number of hydrogen-bond donors (Lipinski definition) is 2. The summed E-state index contributed by atoms with van der Waals surface area (Å²) in [7, 11) is 3.07. The lowest BCUT2D eigenvalue weighted by atomic mass is 10.0. The number of aliphatic hydroxyl groups is 1. The summed E-state index contributed by atoms with van der Waals surface area (Å²) in [5, 5.41) is 21.0. The van der Waals surface area contributed by atoms with Gasteiger partial charge in [-0.1, -0.05) is 25.1 Å². The van der Waals surface area contributed by atoms with Gasteiger partial charge in [-0.15, -0.1) is 5.10 Å². The topological polar surface area (TPSA) is 110 Å². The molecular weight excluding hydrogens is 350 g/mol. The Kier molecular flexibility index (Phi) is 5.31. The highest BCUT2D eigenvalue weighted by Crippen LogP contribution is 2.30. The molecule has 2 unspecified atom stereocenters. The van der Waals surface area contributed by atoms with Gasteiger partial charge < -0.3 is 20.1 Å². The maximum atomic E-state index is 13.4. The monoisotopic (exact) mass is 375 g/mol. The number of carbonyl (C=O) groups is 2. The van der Waals surface area contributed by atoms with Gasteiger partial charge in [0.05, 0.1) is 18.7 Å². The number of likely N-dealkylation sites (N-methyl/N-ethyl adjacent to an activating group) is 1. The lowest BCUT2D eigenvalue weighted by Gasteiger charge is -2.29. The average molecular weight is 375 g/mol. The number of nitrogens with zero attached hydrogens (tertiary/aromatic N) is 4. The largest absolute Gasteiger partial charge is 0.494 e. The molecule has 1 saturated heterocycles. The third-order valence-corrected chi connectivity index (χ3v) is 4.94. The van der Waals surface area contributed by atoms with E-state index in [1.807, 2.05) is 26.0 Å². The molecule has 0 saturated carbocycles. The smallest absolute Gasteiger partial charge is 0.248 e. The van der Waals surface area contributed by atoms with E-state index < -0.39 is 18.2 Å². The molecule has 2 N–H and O–H groups in total. The fraction of sp³-hybridized carbons (Fsp3) is 0.556. The van der Waals surface area contributed by atoms with Crippen LogP contribution < -0.4 is 10.1 Å². The summed E-state index contributed by atoms with van der Waals surface area (Å²) in [6.07, 6.45) is -0.501. The number of rotatable bonds is 5. The van der Waals surface area contributed by atoms with Crippen molar-refractivity contribution < 1.29 is 19.4 Å². The summed E-state index contributed by atoms with van der Waals surface area (Å²) >= 11 is 0. The van der Waals surface area contributed by atoms with Crippen molar-refractivity contribution >= 4 is 22.8 Å². The summed E-state index contributed by atoms with van der Waals surface area (Å²) in [6, 6.07) is 4.08. The third-order valence-electron chi connectivity index (χ3n) is 4.94. The molecule has 0 radical (unpaired) electrons. The Bertz CT molecular complexity index is 849. The number of hydrogen-bond acceptors (Lipinski definition) is 6. The Labute approximate surface area is 157 Å². The fourth-order valence-electron chi connectivity index (χ4n) is 3.62. The molecule has 2 aromatic rings. The van der Waals surface area contributed by atoms with E-state index in [0.717, 1.165) is 0 Å². The van der Waals surface area contributed by atoms with Gasteiger partial charge in [0, 0.05) is 20.0 Å². The van der Waals surface area contributed by atoms with E-state index in [-0.39, 0.29) is 30.7 Å². The first kappa shape index (κ1) is 19.1. The molecule has 0 aliphatic carbocycles. The quantitative estimate of drug-likeness (QED) is 0.780. The van der Waals surface area contributed by atoms with Gasteiger partial charge >= 0.3 is 0 Å². The highest BCUT2D eigenvalue weighted by atomic mass is 16.5. The second kappa shape index (κ2) is 7.51. The summed E-state index contributed by atoms with van der Waals surface area (Å²) in [5.74, 6) is -0.0671. The molecule has 3 rings (SSSR count). The van der Waals surface area contributed by atoms with Crippen LogP contribution in [0.25, 0.3) is 11.0 Å². The fourth-order valence-corrected chi connectivity index (χ4v) is 3.62. The lowest BCUT2D eigenvalue weighted by molar-refractivity contribution is -0.142. The second-order valence-electron chi connectivity index (χ2n) is 7.06. The van der Waals surface area contributed by atoms with Crippen molar-refractivity contribution in [3.63, 3.8) is 0 Å². The molecule has 1 aromatic carbocycles. The second-order valence-corrected chi connectivity index (χ2v) is 7.06. The number of likely N-dealkylation sites (tertiary alicyclic amines) is 1. The Hall–Kier alpha value is -2.68. The zero-order valence-electron chi connectivity index (χ0n) is 15.9. The van der Waals surface area contributed by atoms with Crippen LogP contribution >= 0.6 is 0 Å². The van der Waals surface area contributed by atoms with E-state index in [1.165, 1.54) is 11.9 Å². The number of methoxy groups -OCH3 is 1. The first-order valence-corrected chi connectivity index (χ1v) is 8.97. The standard InChI is InChI=1S/C18H25N5O4/c1-10(2)16(18(26)22-9-11(24)8-13(22)17(25)19-3)23-12-6-5-7-14(27-4)15(12)20-21-23/h5-7,10-11,13,16,24H,8-9H2,1-4H3,(H,19,25)/t11?,13-,16?/m1/s1. The summed E-state index contributed by atoms with van der Waals surface area (Å²) < 4.78 is 6.90. The molecule has 9 nitrogen and oxygen atoms in total. The number of benzene rings is 1. The van der Waals surface area contributed by atoms with Crippen molar-refractivity contribution in [2.45, 2.75) is 38.5 Å². The van der Waals surface area contributed by atoms with Gasteiger partial charge in [0.15, 0.2) is 5.52 Å². The van der Waals surface area contributed by atoms with Gasteiger partial charge in [-0.25, -0.2) is 4.68 Å². The number of β-amino-alcohol motifs (C(OH)–C–C–N with tert-alkyl or cyclic N) is 1. The molecule has 1 aliphatic heterocycles. The van der Waals surface area contributed by atoms with Crippen molar-refractivity contribution in [1.82, 2.24) is 25.2 Å². The Morgan fingerprint density at radius 2 is 2.11 bits per heavy atom. The van der Waals surface area contributed by atoms with Gasteiger partial charge in [0.1, 0.15) is 17.8 Å². The number of fused-ring (bicyclic) bond motifs is 1. The van der Waals surface area contributed by atoms with Gasteiger partial charge in [-0.2, -0.15) is 0 Å². The normalized spacial score (nSPS) is 20.9. The highest BCUT2D eigenvalue weighted by molar-refractivity contribution is 5.91. The van der Waals surface area contributed by atoms with Crippen molar-refractivity contribution in [1.29, 1.82) is 0 Å². The molecule has 0 bridgehead atoms. The van der Waals surface area contributed by atoms with E-state index in [4.69, 9.17) is 4.74 Å². The van der Waals surface area contributed by atoms with E-state index in [0.29, 0.717) is 16.8 Å². The zero-order chi connectivity index (χ0) is 19.7. The highest BCUT2D eigenvalue weighted by Gasteiger charge is 2.42. The predicted molar refractivity (Wildman–Crippen MR) is 98.1 cm³/mol. The predicted octanol–water partition coefficient (Wildman–Crippen LogP) is 0.345. The molecular formula is C18H25N5O4. The molecule has 146 valence electrons. The van der Waals surface area contributed by atoms with Crippen LogP contribution in [0.2, 0.25) is 0 Å². The Morgan fingerprint density at radius 1 is 1.37 bits per heavy atom. The number of aliphatic hydroxyl groups excluding tert-OH is 1. The average Bonchev–Trinajstić information content (AvgIpc) is 3.24. The molecule has 1 aromatic heterocycles. The first-order valence-electron chi connectivity index (χ1n) is 8.97. The minimum Gasteiger partial charge on any atom is -0.494 e. The van der Waals surface area contributed by atoms with Crippen LogP contribution in [0.1, 0.15) is 26.3 Å². The van der Waals surface area contributed by atoms with Gasteiger partial charge in [0.2, 0.25) is 11.8 Å². The Morgan fingerprint density at radius 3 is 2.74 bits per heavy atom. The molecule has 3 atom stereocenters. The number of aromatic nitrogens is 3. The maximum absolute atomic E-state index is 13.4. The van der Waals surface area contributed by atoms with E-state index in [9.17, 15) is 14.7 Å². The molecule has 2 amide bonds. The molecule has 2 heterocycles. The maximum Gasteiger partial charge on any atom is 0.248 e. The third kappa shape index (κ3) is 3.34. The van der Waals surface area contributed by atoms with Crippen LogP contribution in [0.3, 0.4) is 0 Å². The van der Waals surface area contributed by atoms with Crippen molar-refractivity contribution in [3.05, 3.63) is 18.2 Å². The van der Waals surface area contributed by atoms with Crippen molar-refractivity contribution in [2.24, 2.45) is 5.92 Å². The van der Waals surface area contributed by atoms with Crippen LogP contribution in [0, 0.1) is 5.92 Å². The number of carbonyl (C=O) groups excluding carboxylic acids is 2. The molecule has 1 aliphatic rings.